The molecule has 1 aliphatic rings. The maximum Gasteiger partial charge on any atom is 0.306 e. The van der Waals surface area contributed by atoms with Gasteiger partial charge in [0.1, 0.15) is 5.69 Å². The van der Waals surface area contributed by atoms with Gasteiger partial charge in [-0.15, -0.1) is 0 Å². The van der Waals surface area contributed by atoms with E-state index in [1.54, 1.807) is 23.9 Å². The number of carbonyl (C=O) groups excluding carboxylic acids is 2. The van der Waals surface area contributed by atoms with E-state index in [2.05, 4.69) is 5.32 Å². The van der Waals surface area contributed by atoms with Gasteiger partial charge in [0.2, 0.25) is 0 Å². The maximum absolute atomic E-state index is 12.1. The average Bonchev–Trinajstić information content (AvgIpc) is 2.95. The molecule has 2 N–H and O–H groups in total. The molecule has 0 saturated heterocycles. The first-order chi connectivity index (χ1) is 9.38. The van der Waals surface area contributed by atoms with Crippen LogP contribution < -0.4 is 5.32 Å². The van der Waals surface area contributed by atoms with E-state index in [4.69, 9.17) is 5.11 Å². The van der Waals surface area contributed by atoms with Crippen molar-refractivity contribution < 1.29 is 19.5 Å². The van der Waals surface area contributed by atoms with Gasteiger partial charge in [0.05, 0.1) is 5.92 Å². The normalized spacial score (nSPS) is 21.7. The summed E-state index contributed by atoms with van der Waals surface area (Å²) in [5, 5.41) is 11.8. The van der Waals surface area contributed by atoms with Gasteiger partial charge in [-0.2, -0.15) is 0 Å². The third-order valence-corrected chi connectivity index (χ3v) is 3.76. The summed E-state index contributed by atoms with van der Waals surface area (Å²) in [4.78, 5) is 34.3. The summed E-state index contributed by atoms with van der Waals surface area (Å²) >= 11 is 0. The first-order valence-electron chi connectivity index (χ1n) is 6.59. The molecule has 108 valence electrons. The van der Waals surface area contributed by atoms with Crippen LogP contribution in [0.3, 0.4) is 0 Å². The number of aliphatic carboxylic acids is 1. The van der Waals surface area contributed by atoms with Crippen LogP contribution in [0, 0.1) is 5.92 Å². The average molecular weight is 278 g/mol. The van der Waals surface area contributed by atoms with Crippen molar-refractivity contribution in [1.82, 2.24) is 9.88 Å². The lowest BCUT2D eigenvalue weighted by Gasteiger charge is -2.12. The first kappa shape index (κ1) is 14.3. The van der Waals surface area contributed by atoms with Crippen molar-refractivity contribution in [3.63, 3.8) is 0 Å². The molecular weight excluding hydrogens is 260 g/mol. The molecule has 0 unspecified atom stereocenters. The molecule has 6 heteroatoms. The molecule has 0 radical (unpaired) electrons. The molecule has 0 spiro atoms. The quantitative estimate of drug-likeness (QED) is 0.810. The van der Waals surface area contributed by atoms with E-state index in [-0.39, 0.29) is 23.7 Å². The Balaban J connectivity index is 2.02. The van der Waals surface area contributed by atoms with Gasteiger partial charge >= 0.3 is 5.97 Å². The molecule has 1 aromatic heterocycles. The molecule has 0 aliphatic heterocycles. The number of rotatable bonds is 4. The Morgan fingerprint density at radius 3 is 2.55 bits per heavy atom. The predicted molar refractivity (Wildman–Crippen MR) is 71.6 cm³/mol. The van der Waals surface area contributed by atoms with Crippen molar-refractivity contribution in [3.05, 3.63) is 23.5 Å². The van der Waals surface area contributed by atoms with Crippen LogP contribution in [0.1, 0.15) is 47.0 Å². The third-order valence-electron chi connectivity index (χ3n) is 3.76. The Labute approximate surface area is 116 Å². The zero-order valence-electron chi connectivity index (χ0n) is 11.5. The summed E-state index contributed by atoms with van der Waals surface area (Å²) in [5.74, 6) is -1.54. The highest BCUT2D eigenvalue weighted by Gasteiger charge is 2.31. The maximum atomic E-state index is 12.1. The van der Waals surface area contributed by atoms with E-state index < -0.39 is 5.97 Å². The Morgan fingerprint density at radius 2 is 2.05 bits per heavy atom. The van der Waals surface area contributed by atoms with Crippen LogP contribution in [0.25, 0.3) is 0 Å². The van der Waals surface area contributed by atoms with Gasteiger partial charge < -0.3 is 15.0 Å². The van der Waals surface area contributed by atoms with Crippen molar-refractivity contribution in [1.29, 1.82) is 0 Å². The summed E-state index contributed by atoms with van der Waals surface area (Å²) in [7, 11) is 1.70. The standard InChI is InChI=1S/C14H18N2O4/c1-8(17)10-6-12(16(2)7-10)13(18)15-11-4-3-9(5-11)14(19)20/h6-7,9,11H,3-5H2,1-2H3,(H,15,18)(H,19,20)/t9-,11+/m1/s1. The molecular formula is C14H18N2O4. The van der Waals surface area contributed by atoms with Gasteiger partial charge in [0.25, 0.3) is 5.91 Å². The lowest BCUT2D eigenvalue weighted by molar-refractivity contribution is -0.141. The summed E-state index contributed by atoms with van der Waals surface area (Å²) in [6.07, 6.45) is 3.34. The molecule has 1 amide bonds. The molecule has 0 bridgehead atoms. The van der Waals surface area contributed by atoms with Gasteiger partial charge in [-0.1, -0.05) is 0 Å². The second-order valence-corrected chi connectivity index (χ2v) is 5.30. The fourth-order valence-electron chi connectivity index (χ4n) is 2.58. The van der Waals surface area contributed by atoms with Crippen LogP contribution in [0.4, 0.5) is 0 Å². The van der Waals surface area contributed by atoms with Crippen molar-refractivity contribution in [2.45, 2.75) is 32.2 Å². The van der Waals surface area contributed by atoms with Crippen molar-refractivity contribution in [2.75, 3.05) is 0 Å². The molecule has 2 rings (SSSR count). The summed E-state index contributed by atoms with van der Waals surface area (Å²) in [6, 6.07) is 1.45. The van der Waals surface area contributed by atoms with E-state index in [0.717, 1.165) is 0 Å². The number of carboxylic acid groups (broad SMARTS) is 1. The van der Waals surface area contributed by atoms with Gasteiger partial charge in [-0.3, -0.25) is 14.4 Å². The van der Waals surface area contributed by atoms with E-state index in [1.165, 1.54) is 6.92 Å². The monoisotopic (exact) mass is 278 g/mol. The zero-order valence-corrected chi connectivity index (χ0v) is 11.5. The number of aromatic nitrogens is 1. The minimum absolute atomic E-state index is 0.0912. The fourth-order valence-corrected chi connectivity index (χ4v) is 2.58. The minimum atomic E-state index is -0.806. The number of amides is 1. The third kappa shape index (κ3) is 2.89. The molecule has 6 nitrogen and oxygen atoms in total. The highest BCUT2D eigenvalue weighted by Crippen LogP contribution is 2.26. The summed E-state index contributed by atoms with van der Waals surface area (Å²) in [5.41, 5.74) is 0.904. The van der Waals surface area contributed by atoms with E-state index in [9.17, 15) is 14.4 Å². The second kappa shape index (κ2) is 5.48. The Morgan fingerprint density at radius 1 is 1.35 bits per heavy atom. The minimum Gasteiger partial charge on any atom is -0.481 e. The number of Topliss-reactive ketones (excluding diaryl/α,β-unsaturated/α-hetero) is 1. The first-order valence-corrected chi connectivity index (χ1v) is 6.59. The molecule has 1 aliphatic carbocycles. The summed E-state index contributed by atoms with van der Waals surface area (Å²) < 4.78 is 1.61. The Bertz CT molecular complexity index is 562. The fraction of sp³-hybridized carbons (Fsp3) is 0.500. The molecule has 20 heavy (non-hydrogen) atoms. The number of carbonyl (C=O) groups is 3. The van der Waals surface area contributed by atoms with Crippen LogP contribution >= 0.6 is 0 Å². The van der Waals surface area contributed by atoms with Crippen molar-refractivity contribution in [2.24, 2.45) is 13.0 Å². The predicted octanol–water partition coefficient (Wildman–Crippen LogP) is 1.21. The SMILES string of the molecule is CC(=O)c1cc(C(=O)N[C@H]2CC[C@@H](C(=O)O)C2)n(C)c1. The highest BCUT2D eigenvalue weighted by molar-refractivity contribution is 5.99. The van der Waals surface area contributed by atoms with Crippen LogP contribution in [-0.2, 0) is 11.8 Å². The molecule has 0 aromatic carbocycles. The Kier molecular flexibility index (Phi) is 3.92. The second-order valence-electron chi connectivity index (χ2n) is 5.30. The lowest BCUT2D eigenvalue weighted by atomic mass is 10.1. The van der Waals surface area contributed by atoms with Gasteiger partial charge in [-0.25, -0.2) is 0 Å². The number of nitrogens with one attached hydrogen (secondary N) is 1. The molecule has 1 saturated carbocycles. The molecule has 1 fully saturated rings. The number of aryl methyl sites for hydroxylation is 1. The van der Waals surface area contributed by atoms with Gasteiger partial charge in [-0.05, 0) is 32.3 Å². The van der Waals surface area contributed by atoms with Crippen molar-refractivity contribution >= 4 is 17.7 Å². The zero-order chi connectivity index (χ0) is 14.9. The topological polar surface area (TPSA) is 88.4 Å². The summed E-state index contributed by atoms with van der Waals surface area (Å²) in [6.45, 7) is 1.45. The number of hydrogen-bond donors (Lipinski definition) is 2. The largest absolute Gasteiger partial charge is 0.481 e. The Hall–Kier alpha value is -2.11. The lowest BCUT2D eigenvalue weighted by Crippen LogP contribution is -2.34. The highest BCUT2D eigenvalue weighted by atomic mass is 16.4. The van der Waals surface area contributed by atoms with Crippen LogP contribution in [-0.4, -0.2) is 33.4 Å². The van der Waals surface area contributed by atoms with Crippen LogP contribution in [0.5, 0.6) is 0 Å². The van der Waals surface area contributed by atoms with Gasteiger partial charge in [0, 0.05) is 24.8 Å². The smallest absolute Gasteiger partial charge is 0.306 e. The number of nitrogens with zero attached hydrogens (tertiary/aromatic N) is 1. The number of carboxylic acids is 1. The molecule has 2 atom stereocenters. The molecule has 1 aromatic rings. The molecule has 1 heterocycles. The van der Waals surface area contributed by atoms with E-state index in [0.29, 0.717) is 30.5 Å². The van der Waals surface area contributed by atoms with E-state index in [1.807, 2.05) is 0 Å². The number of ketones is 1. The number of hydrogen-bond acceptors (Lipinski definition) is 3. The van der Waals surface area contributed by atoms with Gasteiger partial charge in [0.15, 0.2) is 5.78 Å². The van der Waals surface area contributed by atoms with Crippen LogP contribution in [0.2, 0.25) is 0 Å². The van der Waals surface area contributed by atoms with E-state index >= 15 is 0 Å². The van der Waals surface area contributed by atoms with Crippen molar-refractivity contribution in [3.8, 4) is 0 Å². The van der Waals surface area contributed by atoms with Crippen LogP contribution in [0.15, 0.2) is 12.3 Å².